The summed E-state index contributed by atoms with van der Waals surface area (Å²) in [6, 6.07) is 17.9. The maximum absolute atomic E-state index is 12.7. The predicted octanol–water partition coefficient (Wildman–Crippen LogP) is 4.41. The van der Waals surface area contributed by atoms with Gasteiger partial charge in [-0.3, -0.25) is 4.79 Å². The molecule has 1 aromatic heterocycles. The van der Waals surface area contributed by atoms with Gasteiger partial charge in [0.2, 0.25) is 17.7 Å². The fourth-order valence-corrected chi connectivity index (χ4v) is 3.75. The van der Waals surface area contributed by atoms with Crippen LogP contribution in [0.15, 0.2) is 66.7 Å². The third-order valence-electron chi connectivity index (χ3n) is 4.66. The van der Waals surface area contributed by atoms with Crippen LogP contribution in [-0.4, -0.2) is 16.1 Å². The number of hydrogen-bond donors (Lipinski definition) is 3. The Hall–Kier alpha value is -3.06. The van der Waals surface area contributed by atoms with Crippen LogP contribution in [0.2, 0.25) is 15.1 Å². The number of para-hydroxylation sites is 1. The first-order chi connectivity index (χ1) is 14.8. The van der Waals surface area contributed by atoms with Crippen molar-refractivity contribution in [3.8, 4) is 17.6 Å². The highest BCUT2D eigenvalue weighted by Crippen LogP contribution is 2.27. The van der Waals surface area contributed by atoms with E-state index in [-0.39, 0.29) is 29.4 Å². The van der Waals surface area contributed by atoms with Gasteiger partial charge in [0.15, 0.2) is 5.39 Å². The molecule has 3 N–H and O–H groups in total. The van der Waals surface area contributed by atoms with Gasteiger partial charge < -0.3 is 15.5 Å². The van der Waals surface area contributed by atoms with Crippen LogP contribution in [0.4, 0.5) is 5.69 Å². The average Bonchev–Trinajstić information content (AvgIpc) is 2.74. The number of halogens is 3. The minimum Gasteiger partial charge on any atom is -0.459 e. The van der Waals surface area contributed by atoms with Gasteiger partial charge in [-0.25, -0.2) is 0 Å². The summed E-state index contributed by atoms with van der Waals surface area (Å²) in [6.45, 7) is -0.222. The maximum Gasteiger partial charge on any atom is 0.638 e. The number of nitrogens with zero attached hydrogens (tertiary/aromatic N) is 2. The van der Waals surface area contributed by atoms with Crippen LogP contribution < -0.4 is 14.5 Å². The molecule has 3 aromatic carbocycles. The molecule has 0 fully saturated rings. The summed E-state index contributed by atoms with van der Waals surface area (Å²) >= 11 is 18.1. The van der Waals surface area contributed by atoms with Crippen LogP contribution in [0.1, 0.15) is 0 Å². The van der Waals surface area contributed by atoms with Gasteiger partial charge in [-0.1, -0.05) is 57.6 Å². The lowest BCUT2D eigenvalue weighted by molar-refractivity contribution is -0.774. The first-order valence-corrected chi connectivity index (χ1v) is 10.3. The van der Waals surface area contributed by atoms with Gasteiger partial charge in [0.05, 0.1) is 10.0 Å². The Labute approximate surface area is 192 Å². The Morgan fingerprint density at radius 3 is 2.42 bits per heavy atom. The van der Waals surface area contributed by atoms with Crippen molar-refractivity contribution < 1.29 is 24.1 Å². The van der Waals surface area contributed by atoms with Crippen molar-refractivity contribution in [1.82, 2.24) is 0 Å². The van der Waals surface area contributed by atoms with E-state index in [9.17, 15) is 15.0 Å². The Bertz CT molecular complexity index is 1330. The van der Waals surface area contributed by atoms with Crippen LogP contribution in [0, 0.1) is 0 Å². The minimum absolute atomic E-state index is 0.210. The Kier molecular flexibility index (Phi) is 5.87. The third-order valence-corrected chi connectivity index (χ3v) is 5.63. The fraction of sp³-hybridized carbons (Fsp3) is 0.0455. The monoisotopic (exact) mass is 475 g/mol. The Balaban J connectivity index is 1.82. The van der Waals surface area contributed by atoms with E-state index in [4.69, 9.17) is 34.8 Å². The lowest BCUT2D eigenvalue weighted by Gasteiger charge is -2.07. The third kappa shape index (κ3) is 4.23. The van der Waals surface area contributed by atoms with E-state index >= 15 is 0 Å². The molecule has 0 saturated heterocycles. The molecule has 4 aromatic rings. The zero-order valence-electron chi connectivity index (χ0n) is 15.9. The number of benzene rings is 3. The number of rotatable bonds is 4. The zero-order chi connectivity index (χ0) is 22.1. The summed E-state index contributed by atoms with van der Waals surface area (Å²) in [5, 5.41) is 26.1. The van der Waals surface area contributed by atoms with Crippen molar-refractivity contribution in [3.63, 3.8) is 0 Å². The van der Waals surface area contributed by atoms with Crippen molar-refractivity contribution >= 4 is 57.3 Å². The highest BCUT2D eigenvalue weighted by atomic mass is 35.5. The maximum atomic E-state index is 12.7. The van der Waals surface area contributed by atoms with Gasteiger partial charge in [0.25, 0.3) is 5.91 Å². The predicted molar refractivity (Wildman–Crippen MR) is 119 cm³/mol. The van der Waals surface area contributed by atoms with Gasteiger partial charge in [-0.15, -0.1) is 0 Å². The van der Waals surface area contributed by atoms with Crippen molar-refractivity contribution in [2.45, 2.75) is 6.54 Å². The topological polar surface area (TPSA) is 77.3 Å². The summed E-state index contributed by atoms with van der Waals surface area (Å²) < 4.78 is 2.58. The SMILES string of the molecule is O=C(C[n+]1c(O)[n+](-c2ccc(Cl)c(Cl)c2)c(O)c2ccccc21)Nc1cccc(Cl)c1. The lowest BCUT2D eigenvalue weighted by atomic mass is 10.2. The van der Waals surface area contributed by atoms with Crippen molar-refractivity contribution in [2.75, 3.05) is 5.32 Å². The molecule has 156 valence electrons. The molecule has 6 nitrogen and oxygen atoms in total. The van der Waals surface area contributed by atoms with E-state index in [1.807, 2.05) is 0 Å². The molecule has 9 heteroatoms. The molecule has 1 amide bonds. The molecule has 0 unspecified atom stereocenters. The highest BCUT2D eigenvalue weighted by Gasteiger charge is 2.36. The molecule has 1 heterocycles. The highest BCUT2D eigenvalue weighted by molar-refractivity contribution is 6.42. The number of aromatic hydroxyl groups is 2. The minimum atomic E-state index is -0.390. The molecule has 0 aliphatic heterocycles. The largest absolute Gasteiger partial charge is 0.638 e. The van der Waals surface area contributed by atoms with Gasteiger partial charge in [0.1, 0.15) is 0 Å². The number of carbonyl (C=O) groups excluding carboxylic acids is 1. The average molecular weight is 477 g/mol. The molecule has 0 aliphatic carbocycles. The molecular weight excluding hydrogens is 461 g/mol. The number of amides is 1. The smallest absolute Gasteiger partial charge is 0.459 e. The van der Waals surface area contributed by atoms with Crippen LogP contribution in [0.25, 0.3) is 16.6 Å². The van der Waals surface area contributed by atoms with E-state index in [0.29, 0.717) is 32.3 Å². The normalized spacial score (nSPS) is 10.9. The van der Waals surface area contributed by atoms with Crippen LogP contribution >= 0.6 is 34.8 Å². The van der Waals surface area contributed by atoms with Crippen molar-refractivity contribution in [3.05, 3.63) is 81.8 Å². The second-order valence-corrected chi connectivity index (χ2v) is 7.97. The molecular formula is C22H16Cl3N3O3+2. The Morgan fingerprint density at radius 1 is 0.903 bits per heavy atom. The summed E-state index contributed by atoms with van der Waals surface area (Å²) in [5.74, 6) is -0.600. The summed E-state index contributed by atoms with van der Waals surface area (Å²) in [7, 11) is 0. The van der Waals surface area contributed by atoms with Gasteiger partial charge >= 0.3 is 11.9 Å². The number of fused-ring (bicyclic) bond motifs is 1. The zero-order valence-corrected chi connectivity index (χ0v) is 18.2. The number of carbonyl (C=O) groups is 1. The second-order valence-electron chi connectivity index (χ2n) is 6.72. The van der Waals surface area contributed by atoms with Crippen molar-refractivity contribution in [2.24, 2.45) is 0 Å². The quantitative estimate of drug-likeness (QED) is 0.382. The van der Waals surface area contributed by atoms with Crippen LogP contribution in [-0.2, 0) is 11.3 Å². The van der Waals surface area contributed by atoms with Crippen LogP contribution in [0.3, 0.4) is 0 Å². The van der Waals surface area contributed by atoms with E-state index in [1.54, 1.807) is 60.7 Å². The van der Waals surface area contributed by atoms with E-state index in [1.165, 1.54) is 15.2 Å². The van der Waals surface area contributed by atoms with Gasteiger partial charge in [-0.2, -0.15) is 0 Å². The first-order valence-electron chi connectivity index (χ1n) is 9.14. The molecule has 4 rings (SSSR count). The summed E-state index contributed by atoms with van der Waals surface area (Å²) in [4.78, 5) is 12.7. The standard InChI is InChI=1S/C22H14Cl3N3O3/c23-13-4-3-5-14(10-13)26-20(29)12-27-19-7-2-1-6-16(19)21(30)28(22(27)31)15-8-9-17(24)18(25)11-15/h1-11H,12H2,(H,26,29)/p+2. The first kappa shape index (κ1) is 21.2. The number of aromatic nitrogens is 2. The lowest BCUT2D eigenvalue weighted by Crippen LogP contribution is -2.49. The van der Waals surface area contributed by atoms with Gasteiger partial charge in [0, 0.05) is 28.9 Å². The summed E-state index contributed by atoms with van der Waals surface area (Å²) in [5.41, 5.74) is 1.37. The van der Waals surface area contributed by atoms with E-state index < -0.39 is 0 Å². The van der Waals surface area contributed by atoms with Gasteiger partial charge in [-0.05, 0) is 34.9 Å². The molecule has 0 bridgehead atoms. The van der Waals surface area contributed by atoms with Crippen molar-refractivity contribution in [1.29, 1.82) is 0 Å². The fourth-order valence-electron chi connectivity index (χ4n) is 3.27. The molecule has 31 heavy (non-hydrogen) atoms. The molecule has 0 radical (unpaired) electrons. The van der Waals surface area contributed by atoms with E-state index in [2.05, 4.69) is 5.32 Å². The molecule has 0 atom stereocenters. The summed E-state index contributed by atoms with van der Waals surface area (Å²) in [6.07, 6.45) is 0. The molecule has 0 spiro atoms. The van der Waals surface area contributed by atoms with E-state index in [0.717, 1.165) is 0 Å². The number of anilines is 1. The molecule has 0 saturated carbocycles. The van der Waals surface area contributed by atoms with Crippen LogP contribution in [0.5, 0.6) is 11.9 Å². The second kappa shape index (κ2) is 8.59. The Morgan fingerprint density at radius 2 is 1.68 bits per heavy atom. The number of nitrogens with one attached hydrogen (secondary N) is 1. The molecule has 0 aliphatic rings. The number of hydrogen-bond acceptors (Lipinski definition) is 3.